The molecule has 1 aliphatic rings. The van der Waals surface area contributed by atoms with Crippen molar-refractivity contribution in [1.82, 2.24) is 0 Å². The first-order chi connectivity index (χ1) is 8.45. The highest BCUT2D eigenvalue weighted by atomic mass is 19.4. The molecule has 5 heteroatoms. The zero-order chi connectivity index (χ0) is 13.2. The Labute approximate surface area is 104 Å². The summed E-state index contributed by atoms with van der Waals surface area (Å²) < 4.78 is 48.5. The molecule has 0 spiro atoms. The molecule has 0 amide bonds. The Morgan fingerprint density at radius 1 is 1.33 bits per heavy atom. The van der Waals surface area contributed by atoms with Crippen LogP contribution in [0.2, 0.25) is 0 Å². The van der Waals surface area contributed by atoms with Gasteiger partial charge < -0.3 is 9.47 Å². The summed E-state index contributed by atoms with van der Waals surface area (Å²) in [5, 5.41) is 0. The number of hydrogen-bond acceptors (Lipinski definition) is 2. The smallest absolute Gasteiger partial charge is 0.416 e. The SMILES string of the molecule is C[C@@H]1C[C@H](Oc2cccc(C(F)(F)F)c2)CCO1. The van der Waals surface area contributed by atoms with E-state index in [0.717, 1.165) is 12.1 Å². The van der Waals surface area contributed by atoms with Crippen LogP contribution in [0.4, 0.5) is 13.2 Å². The molecule has 0 aromatic heterocycles. The van der Waals surface area contributed by atoms with E-state index >= 15 is 0 Å². The van der Waals surface area contributed by atoms with Gasteiger partial charge in [-0.15, -0.1) is 0 Å². The third-order valence-corrected chi connectivity index (χ3v) is 2.90. The zero-order valence-electron chi connectivity index (χ0n) is 10.0. The molecule has 0 bridgehead atoms. The Kier molecular flexibility index (Phi) is 3.80. The maximum absolute atomic E-state index is 12.5. The van der Waals surface area contributed by atoms with Crippen LogP contribution < -0.4 is 4.74 Å². The van der Waals surface area contributed by atoms with E-state index in [1.807, 2.05) is 6.92 Å². The van der Waals surface area contributed by atoms with Crippen LogP contribution in [-0.2, 0) is 10.9 Å². The van der Waals surface area contributed by atoms with E-state index in [-0.39, 0.29) is 18.0 Å². The lowest BCUT2D eigenvalue weighted by Gasteiger charge is -2.28. The first-order valence-corrected chi connectivity index (χ1v) is 5.90. The fourth-order valence-electron chi connectivity index (χ4n) is 2.00. The van der Waals surface area contributed by atoms with Crippen molar-refractivity contribution in [1.29, 1.82) is 0 Å². The molecule has 0 aliphatic carbocycles. The molecule has 0 saturated carbocycles. The summed E-state index contributed by atoms with van der Waals surface area (Å²) in [6.45, 7) is 2.52. The highest BCUT2D eigenvalue weighted by Gasteiger charge is 2.31. The average Bonchev–Trinajstić information content (AvgIpc) is 2.28. The molecule has 2 rings (SSSR count). The Bertz CT molecular complexity index is 403. The Morgan fingerprint density at radius 3 is 2.78 bits per heavy atom. The van der Waals surface area contributed by atoms with Gasteiger partial charge in [0.1, 0.15) is 11.9 Å². The van der Waals surface area contributed by atoms with Crippen LogP contribution in [0, 0.1) is 0 Å². The molecular weight excluding hydrogens is 245 g/mol. The average molecular weight is 260 g/mol. The third kappa shape index (κ3) is 3.38. The quantitative estimate of drug-likeness (QED) is 0.808. The van der Waals surface area contributed by atoms with Gasteiger partial charge in [0.25, 0.3) is 0 Å². The van der Waals surface area contributed by atoms with Crippen molar-refractivity contribution in [2.24, 2.45) is 0 Å². The molecule has 0 N–H and O–H groups in total. The van der Waals surface area contributed by atoms with Gasteiger partial charge in [-0.2, -0.15) is 13.2 Å². The van der Waals surface area contributed by atoms with Crippen molar-refractivity contribution in [2.75, 3.05) is 6.61 Å². The molecule has 1 fully saturated rings. The van der Waals surface area contributed by atoms with Gasteiger partial charge in [0.15, 0.2) is 0 Å². The molecule has 2 atom stereocenters. The van der Waals surface area contributed by atoms with Crippen LogP contribution in [0.15, 0.2) is 24.3 Å². The third-order valence-electron chi connectivity index (χ3n) is 2.90. The van der Waals surface area contributed by atoms with E-state index in [2.05, 4.69) is 0 Å². The zero-order valence-corrected chi connectivity index (χ0v) is 10.0. The molecule has 18 heavy (non-hydrogen) atoms. The van der Waals surface area contributed by atoms with Gasteiger partial charge in [0, 0.05) is 12.8 Å². The van der Waals surface area contributed by atoms with Gasteiger partial charge in [-0.3, -0.25) is 0 Å². The van der Waals surface area contributed by atoms with Gasteiger partial charge in [0.2, 0.25) is 0 Å². The number of benzene rings is 1. The van der Waals surface area contributed by atoms with Crippen molar-refractivity contribution in [2.45, 2.75) is 38.1 Å². The van der Waals surface area contributed by atoms with Gasteiger partial charge in [-0.05, 0) is 25.1 Å². The van der Waals surface area contributed by atoms with Crippen molar-refractivity contribution < 1.29 is 22.6 Å². The Hall–Kier alpha value is -1.23. The highest BCUT2D eigenvalue weighted by Crippen LogP contribution is 2.32. The number of alkyl halides is 3. The molecule has 1 saturated heterocycles. The summed E-state index contributed by atoms with van der Waals surface area (Å²) in [7, 11) is 0. The molecule has 0 unspecified atom stereocenters. The second-order valence-corrected chi connectivity index (χ2v) is 4.47. The van der Waals surface area contributed by atoms with Crippen molar-refractivity contribution >= 4 is 0 Å². The summed E-state index contributed by atoms with van der Waals surface area (Å²) in [5.74, 6) is 0.268. The van der Waals surface area contributed by atoms with Crippen LogP contribution in [-0.4, -0.2) is 18.8 Å². The lowest BCUT2D eigenvalue weighted by atomic mass is 10.1. The molecule has 0 radical (unpaired) electrons. The fraction of sp³-hybridized carbons (Fsp3) is 0.538. The summed E-state index contributed by atoms with van der Waals surface area (Å²) in [5.41, 5.74) is -0.680. The Balaban J connectivity index is 2.05. The minimum absolute atomic E-state index is 0.0720. The van der Waals surface area contributed by atoms with Gasteiger partial charge in [-0.25, -0.2) is 0 Å². The summed E-state index contributed by atoms with van der Waals surface area (Å²) >= 11 is 0. The van der Waals surface area contributed by atoms with Crippen molar-refractivity contribution in [3.8, 4) is 5.75 Å². The van der Waals surface area contributed by atoms with E-state index in [1.165, 1.54) is 6.07 Å². The minimum Gasteiger partial charge on any atom is -0.490 e. The number of ether oxygens (including phenoxy) is 2. The Morgan fingerprint density at radius 2 is 2.11 bits per heavy atom. The van der Waals surface area contributed by atoms with E-state index in [9.17, 15) is 13.2 Å². The van der Waals surface area contributed by atoms with Crippen LogP contribution in [0.25, 0.3) is 0 Å². The monoisotopic (exact) mass is 260 g/mol. The van der Waals surface area contributed by atoms with E-state index in [4.69, 9.17) is 9.47 Å². The molecule has 1 aliphatic heterocycles. The molecule has 2 nitrogen and oxygen atoms in total. The molecule has 1 heterocycles. The van der Waals surface area contributed by atoms with Crippen molar-refractivity contribution in [3.05, 3.63) is 29.8 Å². The van der Waals surface area contributed by atoms with E-state index < -0.39 is 11.7 Å². The summed E-state index contributed by atoms with van der Waals surface area (Å²) in [4.78, 5) is 0. The standard InChI is InChI=1S/C13H15F3O2/c1-9-7-12(5-6-17-9)18-11-4-2-3-10(8-11)13(14,15)16/h2-4,8-9,12H,5-7H2,1H3/t9-,12-/m1/s1. The minimum atomic E-state index is -4.33. The topological polar surface area (TPSA) is 18.5 Å². The molecule has 1 aromatic rings. The number of rotatable bonds is 2. The van der Waals surface area contributed by atoms with Crippen LogP contribution in [0.1, 0.15) is 25.3 Å². The molecular formula is C13H15F3O2. The fourth-order valence-corrected chi connectivity index (χ4v) is 2.00. The van der Waals surface area contributed by atoms with Gasteiger partial charge in [-0.1, -0.05) is 6.07 Å². The lowest BCUT2D eigenvalue weighted by molar-refractivity contribution is -0.137. The lowest BCUT2D eigenvalue weighted by Crippen LogP contribution is -2.31. The first-order valence-electron chi connectivity index (χ1n) is 5.90. The van der Waals surface area contributed by atoms with E-state index in [1.54, 1.807) is 6.07 Å². The summed E-state index contributed by atoms with van der Waals surface area (Å²) in [6, 6.07) is 5.00. The molecule has 1 aromatic carbocycles. The van der Waals surface area contributed by atoms with Gasteiger partial charge in [0.05, 0.1) is 18.3 Å². The highest BCUT2D eigenvalue weighted by molar-refractivity contribution is 5.30. The second-order valence-electron chi connectivity index (χ2n) is 4.47. The van der Waals surface area contributed by atoms with Gasteiger partial charge >= 0.3 is 6.18 Å². The van der Waals surface area contributed by atoms with Crippen LogP contribution in [0.3, 0.4) is 0 Å². The van der Waals surface area contributed by atoms with E-state index in [0.29, 0.717) is 19.4 Å². The number of halogens is 3. The largest absolute Gasteiger partial charge is 0.490 e. The normalized spacial score (nSPS) is 24.9. The predicted molar refractivity (Wildman–Crippen MR) is 60.5 cm³/mol. The maximum atomic E-state index is 12.5. The molecule has 100 valence electrons. The summed E-state index contributed by atoms with van der Waals surface area (Å²) in [6.07, 6.45) is -2.90. The second kappa shape index (κ2) is 5.18. The van der Waals surface area contributed by atoms with Crippen LogP contribution in [0.5, 0.6) is 5.75 Å². The number of hydrogen-bond donors (Lipinski definition) is 0. The maximum Gasteiger partial charge on any atom is 0.416 e. The van der Waals surface area contributed by atoms with Crippen molar-refractivity contribution in [3.63, 3.8) is 0 Å². The first kappa shape index (κ1) is 13.2. The predicted octanol–water partition coefficient (Wildman–Crippen LogP) is 3.65. The van der Waals surface area contributed by atoms with Crippen LogP contribution >= 0.6 is 0 Å².